The van der Waals surface area contributed by atoms with Crippen LogP contribution in [0, 0.1) is 0 Å². The molecule has 2 heterocycles. The number of pyridine rings is 1. The van der Waals surface area contributed by atoms with Gasteiger partial charge in [-0.05, 0) is 30.3 Å². The van der Waals surface area contributed by atoms with E-state index in [1.807, 2.05) is 0 Å². The van der Waals surface area contributed by atoms with Crippen molar-refractivity contribution >= 4 is 17.5 Å². The van der Waals surface area contributed by atoms with Crippen molar-refractivity contribution in [2.45, 2.75) is 6.18 Å². The molecule has 0 amide bonds. The molecule has 28 heavy (non-hydrogen) atoms. The van der Waals surface area contributed by atoms with Crippen LogP contribution in [0.4, 0.5) is 24.7 Å². The second kappa shape index (κ2) is 9.03. The lowest BCUT2D eigenvalue weighted by Crippen LogP contribution is -2.38. The first-order valence-electron chi connectivity index (χ1n) is 8.79. The van der Waals surface area contributed by atoms with E-state index in [4.69, 9.17) is 9.47 Å². The van der Waals surface area contributed by atoms with E-state index in [9.17, 15) is 18.0 Å². The van der Waals surface area contributed by atoms with Crippen LogP contribution in [0.3, 0.4) is 0 Å². The number of hydrogen-bond donors (Lipinski definition) is 1. The van der Waals surface area contributed by atoms with Crippen LogP contribution in [0.2, 0.25) is 0 Å². The van der Waals surface area contributed by atoms with Gasteiger partial charge in [0.1, 0.15) is 12.4 Å². The van der Waals surface area contributed by atoms with Crippen LogP contribution in [0.15, 0.2) is 42.6 Å². The predicted molar refractivity (Wildman–Crippen MR) is 96.5 cm³/mol. The summed E-state index contributed by atoms with van der Waals surface area (Å²) in [5.41, 5.74) is -0.224. The fraction of sp³-hybridized carbons (Fsp3) is 0.368. The van der Waals surface area contributed by atoms with Gasteiger partial charge in [0, 0.05) is 31.5 Å². The molecule has 1 aromatic heterocycles. The number of alkyl halides is 3. The Balaban J connectivity index is 1.52. The molecule has 0 radical (unpaired) electrons. The van der Waals surface area contributed by atoms with Gasteiger partial charge in [0.05, 0.1) is 24.3 Å². The Morgan fingerprint density at radius 2 is 2.00 bits per heavy atom. The normalized spacial score (nSPS) is 15.2. The largest absolute Gasteiger partial charge is 0.461 e. The van der Waals surface area contributed by atoms with E-state index in [1.54, 1.807) is 0 Å². The van der Waals surface area contributed by atoms with Crippen LogP contribution in [-0.4, -0.2) is 55.3 Å². The summed E-state index contributed by atoms with van der Waals surface area (Å²) in [4.78, 5) is 18.3. The SMILES string of the molecule is O=C(OCCN1CCOCC1)c1ccc(Nc2cccc(C(F)(F)F)c2)nc1. The average Bonchev–Trinajstić information content (AvgIpc) is 2.69. The summed E-state index contributed by atoms with van der Waals surface area (Å²) in [6.07, 6.45) is -3.09. The number of carbonyl (C=O) groups is 1. The van der Waals surface area contributed by atoms with Crippen molar-refractivity contribution in [3.63, 3.8) is 0 Å². The molecule has 1 N–H and O–H groups in total. The highest BCUT2D eigenvalue weighted by atomic mass is 19.4. The van der Waals surface area contributed by atoms with Crippen LogP contribution < -0.4 is 5.32 Å². The Morgan fingerprint density at radius 3 is 2.68 bits per heavy atom. The summed E-state index contributed by atoms with van der Waals surface area (Å²) < 4.78 is 48.8. The van der Waals surface area contributed by atoms with Gasteiger partial charge in [0.2, 0.25) is 0 Å². The monoisotopic (exact) mass is 395 g/mol. The molecule has 1 aliphatic rings. The molecule has 0 bridgehead atoms. The van der Waals surface area contributed by atoms with Crippen molar-refractivity contribution in [2.24, 2.45) is 0 Å². The van der Waals surface area contributed by atoms with Gasteiger partial charge >= 0.3 is 12.1 Å². The zero-order valence-corrected chi connectivity index (χ0v) is 15.0. The third-order valence-electron chi connectivity index (χ3n) is 4.21. The first-order chi connectivity index (χ1) is 13.4. The number of nitrogens with zero attached hydrogens (tertiary/aromatic N) is 2. The Bertz CT molecular complexity index is 791. The third kappa shape index (κ3) is 5.67. The lowest BCUT2D eigenvalue weighted by atomic mass is 10.2. The number of halogens is 3. The number of ether oxygens (including phenoxy) is 2. The fourth-order valence-electron chi connectivity index (χ4n) is 2.69. The molecule has 3 rings (SSSR count). The summed E-state index contributed by atoms with van der Waals surface area (Å²) in [5.74, 6) is -0.171. The van der Waals surface area contributed by atoms with E-state index in [2.05, 4.69) is 15.2 Å². The van der Waals surface area contributed by atoms with Gasteiger partial charge in [-0.2, -0.15) is 13.2 Å². The number of carbonyl (C=O) groups excluding carboxylic acids is 1. The zero-order valence-electron chi connectivity index (χ0n) is 15.0. The van der Waals surface area contributed by atoms with Gasteiger partial charge in [0.25, 0.3) is 0 Å². The molecular formula is C19H20F3N3O3. The molecule has 0 atom stereocenters. The predicted octanol–water partition coefficient (Wildman–Crippen LogP) is 3.33. The second-order valence-corrected chi connectivity index (χ2v) is 6.23. The van der Waals surface area contributed by atoms with Gasteiger partial charge < -0.3 is 14.8 Å². The lowest BCUT2D eigenvalue weighted by molar-refractivity contribution is -0.137. The van der Waals surface area contributed by atoms with Crippen molar-refractivity contribution < 1.29 is 27.4 Å². The first-order valence-corrected chi connectivity index (χ1v) is 8.79. The van der Waals surface area contributed by atoms with E-state index >= 15 is 0 Å². The molecule has 0 saturated carbocycles. The molecule has 1 aromatic carbocycles. The number of aromatic nitrogens is 1. The quantitative estimate of drug-likeness (QED) is 0.757. The molecule has 1 fully saturated rings. The summed E-state index contributed by atoms with van der Waals surface area (Å²) in [6, 6.07) is 7.83. The molecule has 6 nitrogen and oxygen atoms in total. The fourth-order valence-corrected chi connectivity index (χ4v) is 2.69. The van der Waals surface area contributed by atoms with E-state index < -0.39 is 17.7 Å². The van der Waals surface area contributed by atoms with Crippen LogP contribution in [0.25, 0.3) is 0 Å². The standard InChI is InChI=1S/C19H20F3N3O3/c20-19(21,22)15-2-1-3-16(12-15)24-17-5-4-14(13-23-17)18(26)28-11-8-25-6-9-27-10-7-25/h1-5,12-13H,6-11H2,(H,23,24). The molecule has 2 aromatic rings. The molecular weight excluding hydrogens is 375 g/mol. The minimum Gasteiger partial charge on any atom is -0.461 e. The van der Waals surface area contributed by atoms with E-state index in [1.165, 1.54) is 30.5 Å². The van der Waals surface area contributed by atoms with Crippen molar-refractivity contribution in [3.05, 3.63) is 53.7 Å². The third-order valence-corrected chi connectivity index (χ3v) is 4.21. The molecule has 9 heteroatoms. The average molecular weight is 395 g/mol. The molecule has 150 valence electrons. The molecule has 0 spiro atoms. The van der Waals surface area contributed by atoms with Crippen LogP contribution in [0.1, 0.15) is 15.9 Å². The van der Waals surface area contributed by atoms with Gasteiger partial charge in [-0.1, -0.05) is 6.07 Å². The van der Waals surface area contributed by atoms with Gasteiger partial charge in [-0.25, -0.2) is 9.78 Å². The maximum Gasteiger partial charge on any atom is 0.416 e. The van der Waals surface area contributed by atoms with Crippen LogP contribution >= 0.6 is 0 Å². The minimum atomic E-state index is -4.42. The Morgan fingerprint density at radius 1 is 1.21 bits per heavy atom. The summed E-state index contributed by atoms with van der Waals surface area (Å²) in [6.45, 7) is 3.89. The smallest absolute Gasteiger partial charge is 0.416 e. The van der Waals surface area contributed by atoms with Crippen molar-refractivity contribution in [1.82, 2.24) is 9.88 Å². The summed E-state index contributed by atoms with van der Waals surface area (Å²) in [7, 11) is 0. The van der Waals surface area contributed by atoms with E-state index in [0.717, 1.165) is 25.2 Å². The topological polar surface area (TPSA) is 63.7 Å². The minimum absolute atomic E-state index is 0.253. The van der Waals surface area contributed by atoms with Crippen molar-refractivity contribution in [1.29, 1.82) is 0 Å². The van der Waals surface area contributed by atoms with Crippen LogP contribution in [-0.2, 0) is 15.7 Å². The number of rotatable bonds is 6. The molecule has 0 aliphatic carbocycles. The van der Waals surface area contributed by atoms with E-state index in [0.29, 0.717) is 25.6 Å². The highest BCUT2D eigenvalue weighted by Gasteiger charge is 2.30. The molecule has 0 unspecified atom stereocenters. The van der Waals surface area contributed by atoms with E-state index in [-0.39, 0.29) is 17.9 Å². The Labute approximate surface area is 160 Å². The first kappa shape index (κ1) is 20.1. The maximum atomic E-state index is 12.8. The van der Waals surface area contributed by atoms with Crippen molar-refractivity contribution in [3.8, 4) is 0 Å². The number of anilines is 2. The van der Waals surface area contributed by atoms with Crippen molar-refractivity contribution in [2.75, 3.05) is 44.8 Å². The summed E-state index contributed by atoms with van der Waals surface area (Å²) >= 11 is 0. The number of esters is 1. The lowest BCUT2D eigenvalue weighted by Gasteiger charge is -2.26. The Hall–Kier alpha value is -2.65. The number of nitrogens with one attached hydrogen (secondary N) is 1. The van der Waals surface area contributed by atoms with Gasteiger partial charge in [-0.15, -0.1) is 0 Å². The second-order valence-electron chi connectivity index (χ2n) is 6.23. The number of hydrogen-bond acceptors (Lipinski definition) is 6. The zero-order chi connectivity index (χ0) is 20.0. The highest BCUT2D eigenvalue weighted by molar-refractivity contribution is 5.89. The maximum absolute atomic E-state index is 12.8. The summed E-state index contributed by atoms with van der Waals surface area (Å²) in [5, 5.41) is 2.79. The van der Waals surface area contributed by atoms with Crippen LogP contribution in [0.5, 0.6) is 0 Å². The number of benzene rings is 1. The van der Waals surface area contributed by atoms with Gasteiger partial charge in [0.15, 0.2) is 0 Å². The Kier molecular flexibility index (Phi) is 6.48. The van der Waals surface area contributed by atoms with Gasteiger partial charge in [-0.3, -0.25) is 4.90 Å². The molecule has 1 saturated heterocycles. The number of morpholine rings is 1. The highest BCUT2D eigenvalue weighted by Crippen LogP contribution is 2.31. The molecule has 1 aliphatic heterocycles.